The SMILES string of the molecule is Cc1ncc(-c2ncc(F)cn2)n1C(C)C. The average molecular weight is 220 g/mol. The van der Waals surface area contributed by atoms with Crippen molar-refractivity contribution in [1.29, 1.82) is 0 Å². The van der Waals surface area contributed by atoms with Gasteiger partial charge in [-0.1, -0.05) is 0 Å². The van der Waals surface area contributed by atoms with Gasteiger partial charge in [-0.05, 0) is 20.8 Å². The molecule has 4 nitrogen and oxygen atoms in total. The van der Waals surface area contributed by atoms with Gasteiger partial charge in [0.15, 0.2) is 11.6 Å². The minimum Gasteiger partial charge on any atom is -0.323 e. The smallest absolute Gasteiger partial charge is 0.177 e. The summed E-state index contributed by atoms with van der Waals surface area (Å²) in [6.45, 7) is 6.04. The van der Waals surface area contributed by atoms with Crippen molar-refractivity contribution in [3.8, 4) is 11.5 Å². The van der Waals surface area contributed by atoms with Crippen LogP contribution in [0.4, 0.5) is 4.39 Å². The molecule has 0 aromatic carbocycles. The van der Waals surface area contributed by atoms with Gasteiger partial charge >= 0.3 is 0 Å². The lowest BCUT2D eigenvalue weighted by Gasteiger charge is -2.12. The summed E-state index contributed by atoms with van der Waals surface area (Å²) in [6.07, 6.45) is 4.03. The Kier molecular flexibility index (Phi) is 2.68. The van der Waals surface area contributed by atoms with Crippen molar-refractivity contribution in [3.05, 3.63) is 30.2 Å². The Morgan fingerprint density at radius 1 is 1.12 bits per heavy atom. The van der Waals surface area contributed by atoms with Crippen LogP contribution in [0.25, 0.3) is 11.5 Å². The molecular weight excluding hydrogens is 207 g/mol. The molecule has 2 aromatic rings. The summed E-state index contributed by atoms with van der Waals surface area (Å²) in [6, 6.07) is 0.270. The summed E-state index contributed by atoms with van der Waals surface area (Å²) < 4.78 is 14.7. The number of hydrogen-bond donors (Lipinski definition) is 0. The van der Waals surface area contributed by atoms with Crippen LogP contribution in [0.5, 0.6) is 0 Å². The van der Waals surface area contributed by atoms with Crippen molar-refractivity contribution in [2.75, 3.05) is 0 Å². The molecule has 84 valence electrons. The molecule has 0 atom stereocenters. The molecule has 0 bridgehead atoms. The van der Waals surface area contributed by atoms with Crippen molar-refractivity contribution in [3.63, 3.8) is 0 Å². The molecule has 0 unspecified atom stereocenters. The van der Waals surface area contributed by atoms with Gasteiger partial charge in [0.05, 0.1) is 18.6 Å². The lowest BCUT2D eigenvalue weighted by atomic mass is 10.3. The van der Waals surface area contributed by atoms with Crippen LogP contribution in [0.15, 0.2) is 18.6 Å². The Morgan fingerprint density at radius 3 is 2.31 bits per heavy atom. The van der Waals surface area contributed by atoms with Gasteiger partial charge < -0.3 is 4.57 Å². The Bertz CT molecular complexity index is 487. The number of nitrogens with zero attached hydrogens (tertiary/aromatic N) is 4. The predicted octanol–water partition coefficient (Wildman–Crippen LogP) is 2.37. The predicted molar refractivity (Wildman–Crippen MR) is 58.3 cm³/mol. The number of aromatic nitrogens is 4. The van der Waals surface area contributed by atoms with Crippen LogP contribution < -0.4 is 0 Å². The van der Waals surface area contributed by atoms with E-state index in [1.54, 1.807) is 6.20 Å². The molecule has 0 N–H and O–H groups in total. The second-order valence-corrected chi connectivity index (χ2v) is 3.88. The maximum atomic E-state index is 12.7. The fourth-order valence-corrected chi connectivity index (χ4v) is 1.72. The van der Waals surface area contributed by atoms with E-state index in [9.17, 15) is 4.39 Å². The van der Waals surface area contributed by atoms with Gasteiger partial charge in [0.1, 0.15) is 11.5 Å². The van der Waals surface area contributed by atoms with E-state index in [-0.39, 0.29) is 6.04 Å². The van der Waals surface area contributed by atoms with Gasteiger partial charge in [-0.25, -0.2) is 19.3 Å². The van der Waals surface area contributed by atoms with E-state index in [2.05, 4.69) is 28.8 Å². The lowest BCUT2D eigenvalue weighted by molar-refractivity contribution is 0.584. The minimum absolute atomic E-state index is 0.270. The van der Waals surface area contributed by atoms with E-state index >= 15 is 0 Å². The van der Waals surface area contributed by atoms with Crippen LogP contribution in [-0.4, -0.2) is 19.5 Å². The third kappa shape index (κ3) is 1.80. The summed E-state index contributed by atoms with van der Waals surface area (Å²) in [4.78, 5) is 12.1. The first kappa shape index (κ1) is 10.7. The third-order valence-electron chi connectivity index (χ3n) is 2.35. The largest absolute Gasteiger partial charge is 0.323 e. The zero-order valence-corrected chi connectivity index (χ0v) is 9.48. The Balaban J connectivity index is 2.52. The summed E-state index contributed by atoms with van der Waals surface area (Å²) >= 11 is 0. The summed E-state index contributed by atoms with van der Waals surface area (Å²) in [5.74, 6) is 0.963. The average Bonchev–Trinajstić information content (AvgIpc) is 2.61. The highest BCUT2D eigenvalue weighted by molar-refractivity contribution is 5.48. The van der Waals surface area contributed by atoms with Crippen molar-refractivity contribution in [2.45, 2.75) is 26.8 Å². The van der Waals surface area contributed by atoms with E-state index in [0.29, 0.717) is 5.82 Å². The van der Waals surface area contributed by atoms with Crippen molar-refractivity contribution < 1.29 is 4.39 Å². The van der Waals surface area contributed by atoms with Crippen LogP contribution >= 0.6 is 0 Å². The molecule has 0 radical (unpaired) electrons. The van der Waals surface area contributed by atoms with E-state index in [1.165, 1.54) is 0 Å². The third-order valence-corrected chi connectivity index (χ3v) is 2.35. The Labute approximate surface area is 93.2 Å². The molecular formula is C11H13FN4. The number of rotatable bonds is 2. The van der Waals surface area contributed by atoms with E-state index in [1.807, 2.05) is 11.5 Å². The highest BCUT2D eigenvalue weighted by Crippen LogP contribution is 2.20. The quantitative estimate of drug-likeness (QED) is 0.780. The van der Waals surface area contributed by atoms with Crippen LogP contribution in [0.1, 0.15) is 25.7 Å². The highest BCUT2D eigenvalue weighted by Gasteiger charge is 2.13. The van der Waals surface area contributed by atoms with Crippen molar-refractivity contribution in [1.82, 2.24) is 19.5 Å². The maximum Gasteiger partial charge on any atom is 0.177 e. The van der Waals surface area contributed by atoms with E-state index in [0.717, 1.165) is 23.9 Å². The van der Waals surface area contributed by atoms with Crippen molar-refractivity contribution in [2.24, 2.45) is 0 Å². The first-order valence-corrected chi connectivity index (χ1v) is 5.11. The molecule has 0 amide bonds. The molecule has 0 spiro atoms. The molecule has 0 saturated heterocycles. The van der Waals surface area contributed by atoms with E-state index in [4.69, 9.17) is 0 Å². The molecule has 0 saturated carbocycles. The number of aryl methyl sites for hydroxylation is 1. The van der Waals surface area contributed by atoms with Crippen LogP contribution in [0, 0.1) is 12.7 Å². The summed E-state index contributed by atoms with van der Waals surface area (Å²) in [5, 5.41) is 0. The number of hydrogen-bond acceptors (Lipinski definition) is 3. The minimum atomic E-state index is -0.434. The van der Waals surface area contributed by atoms with Crippen molar-refractivity contribution >= 4 is 0 Å². The second-order valence-electron chi connectivity index (χ2n) is 3.88. The number of imidazole rings is 1. The molecule has 0 aliphatic carbocycles. The molecule has 0 aliphatic rings. The van der Waals surface area contributed by atoms with Crippen LogP contribution in [0.2, 0.25) is 0 Å². The standard InChI is InChI=1S/C11H13FN4/c1-7(2)16-8(3)13-6-10(16)11-14-4-9(12)5-15-11/h4-7H,1-3H3. The van der Waals surface area contributed by atoms with Gasteiger partial charge in [0, 0.05) is 6.04 Å². The summed E-state index contributed by atoms with van der Waals surface area (Å²) in [7, 11) is 0. The maximum absolute atomic E-state index is 12.7. The fourth-order valence-electron chi connectivity index (χ4n) is 1.72. The zero-order chi connectivity index (χ0) is 11.7. The van der Waals surface area contributed by atoms with Crippen LogP contribution in [-0.2, 0) is 0 Å². The van der Waals surface area contributed by atoms with Gasteiger partial charge in [0.25, 0.3) is 0 Å². The highest BCUT2D eigenvalue weighted by atomic mass is 19.1. The molecule has 0 fully saturated rings. The molecule has 2 heterocycles. The first-order chi connectivity index (χ1) is 7.59. The van der Waals surface area contributed by atoms with E-state index < -0.39 is 5.82 Å². The second kappa shape index (κ2) is 4.00. The number of halogens is 1. The summed E-state index contributed by atoms with van der Waals surface area (Å²) in [5.41, 5.74) is 0.813. The first-order valence-electron chi connectivity index (χ1n) is 5.11. The molecule has 16 heavy (non-hydrogen) atoms. The molecule has 5 heteroatoms. The van der Waals surface area contributed by atoms with Gasteiger partial charge in [-0.2, -0.15) is 0 Å². The Hall–Kier alpha value is -1.78. The molecule has 0 aliphatic heterocycles. The Morgan fingerprint density at radius 2 is 1.75 bits per heavy atom. The van der Waals surface area contributed by atoms with Crippen LogP contribution in [0.3, 0.4) is 0 Å². The molecule has 2 rings (SSSR count). The zero-order valence-electron chi connectivity index (χ0n) is 9.48. The normalized spacial score (nSPS) is 11.1. The monoisotopic (exact) mass is 220 g/mol. The lowest BCUT2D eigenvalue weighted by Crippen LogP contribution is -2.06. The van der Waals surface area contributed by atoms with Gasteiger partial charge in [-0.3, -0.25) is 0 Å². The fraction of sp³-hybridized carbons (Fsp3) is 0.364. The van der Waals surface area contributed by atoms with Gasteiger partial charge in [-0.15, -0.1) is 0 Å². The van der Waals surface area contributed by atoms with Gasteiger partial charge in [0.2, 0.25) is 0 Å². The molecule has 2 aromatic heterocycles. The topological polar surface area (TPSA) is 43.6 Å².